The minimum Gasteiger partial charge on any atom is -0.460 e. The van der Waals surface area contributed by atoms with Gasteiger partial charge in [0, 0.05) is 19.0 Å². The van der Waals surface area contributed by atoms with E-state index in [2.05, 4.69) is 13.8 Å². The number of esters is 1. The summed E-state index contributed by atoms with van der Waals surface area (Å²) in [5.41, 5.74) is 0.150. The van der Waals surface area contributed by atoms with Gasteiger partial charge in [-0.15, -0.1) is 0 Å². The molecule has 0 spiro atoms. The highest BCUT2D eigenvalue weighted by molar-refractivity contribution is 5.86. The molecule has 2 rings (SSSR count). The summed E-state index contributed by atoms with van der Waals surface area (Å²) < 4.78 is 5.59. The molecule has 1 atom stereocenters. The first-order valence-corrected chi connectivity index (χ1v) is 9.14. The molecule has 0 radical (unpaired) electrons. The van der Waals surface area contributed by atoms with E-state index < -0.39 is 5.41 Å². The average Bonchev–Trinajstić information content (AvgIpc) is 2.51. The van der Waals surface area contributed by atoms with Crippen LogP contribution in [-0.4, -0.2) is 29.4 Å². The fraction of sp³-hybridized carbons (Fsp3) is 0.619. The lowest BCUT2D eigenvalue weighted by Crippen LogP contribution is -2.47. The van der Waals surface area contributed by atoms with Gasteiger partial charge in [0.1, 0.15) is 6.61 Å². The van der Waals surface area contributed by atoms with Crippen molar-refractivity contribution in [1.29, 1.82) is 0 Å². The van der Waals surface area contributed by atoms with E-state index in [4.69, 9.17) is 4.74 Å². The van der Waals surface area contributed by atoms with E-state index in [1.807, 2.05) is 56.0 Å². The molecular formula is C21H31NO3. The summed E-state index contributed by atoms with van der Waals surface area (Å²) in [4.78, 5) is 27.5. The molecule has 1 amide bonds. The highest BCUT2D eigenvalue weighted by atomic mass is 16.5. The van der Waals surface area contributed by atoms with Gasteiger partial charge >= 0.3 is 5.97 Å². The third-order valence-electron chi connectivity index (χ3n) is 5.09. The van der Waals surface area contributed by atoms with Crippen molar-refractivity contribution in [3.63, 3.8) is 0 Å². The minimum atomic E-state index is -0.789. The smallest absolute Gasteiger partial charge is 0.312 e. The molecule has 0 aliphatic carbocycles. The van der Waals surface area contributed by atoms with Crippen LogP contribution in [0.4, 0.5) is 0 Å². The molecule has 0 saturated carbocycles. The lowest BCUT2D eigenvalue weighted by Gasteiger charge is -2.41. The Bertz CT molecular complexity index is 609. The van der Waals surface area contributed by atoms with Crippen LogP contribution in [0.25, 0.3) is 0 Å². The molecule has 4 nitrogen and oxygen atoms in total. The maximum atomic E-state index is 12.9. The lowest BCUT2D eigenvalue weighted by molar-refractivity contribution is -0.163. The average molecular weight is 345 g/mol. The van der Waals surface area contributed by atoms with Crippen molar-refractivity contribution < 1.29 is 14.3 Å². The third-order valence-corrected chi connectivity index (χ3v) is 5.09. The molecule has 1 heterocycles. The van der Waals surface area contributed by atoms with Gasteiger partial charge in [0.15, 0.2) is 0 Å². The van der Waals surface area contributed by atoms with Gasteiger partial charge in [-0.2, -0.15) is 0 Å². The van der Waals surface area contributed by atoms with Crippen molar-refractivity contribution in [3.8, 4) is 0 Å². The summed E-state index contributed by atoms with van der Waals surface area (Å²) in [6, 6.07) is 9.79. The Morgan fingerprint density at radius 1 is 1.20 bits per heavy atom. The first-order valence-electron chi connectivity index (χ1n) is 9.14. The zero-order valence-corrected chi connectivity index (χ0v) is 16.2. The van der Waals surface area contributed by atoms with Gasteiger partial charge in [0.25, 0.3) is 0 Å². The number of hydrogen-bond donors (Lipinski definition) is 0. The number of ether oxygens (including phenoxy) is 1. The standard InChI is InChI=1S/C21H31NO3/c1-16(2)22-12-11-20(3,4)15-21(5,13-18(22)23)19(24)25-14-17-9-7-6-8-10-17/h6-10,16H,11-15H2,1-5H3. The fourth-order valence-electron chi connectivity index (χ4n) is 3.78. The van der Waals surface area contributed by atoms with E-state index in [1.54, 1.807) is 0 Å². The number of hydrogen-bond acceptors (Lipinski definition) is 3. The molecule has 1 unspecified atom stereocenters. The Hall–Kier alpha value is -1.84. The van der Waals surface area contributed by atoms with Crippen molar-refractivity contribution in [2.24, 2.45) is 10.8 Å². The molecular weight excluding hydrogens is 314 g/mol. The summed E-state index contributed by atoms with van der Waals surface area (Å²) in [6.45, 7) is 11.3. The quantitative estimate of drug-likeness (QED) is 0.769. The van der Waals surface area contributed by atoms with Gasteiger partial charge in [-0.3, -0.25) is 9.59 Å². The molecule has 1 aliphatic rings. The Labute approximate surface area is 151 Å². The van der Waals surface area contributed by atoms with Crippen LogP contribution in [0.2, 0.25) is 0 Å². The lowest BCUT2D eigenvalue weighted by atomic mass is 9.69. The molecule has 0 aromatic heterocycles. The Morgan fingerprint density at radius 2 is 1.84 bits per heavy atom. The van der Waals surface area contributed by atoms with Crippen LogP contribution in [-0.2, 0) is 20.9 Å². The summed E-state index contributed by atoms with van der Waals surface area (Å²) in [7, 11) is 0. The maximum absolute atomic E-state index is 12.9. The van der Waals surface area contributed by atoms with Crippen molar-refractivity contribution in [2.45, 2.75) is 66.5 Å². The second-order valence-electron chi connectivity index (χ2n) is 8.57. The minimum absolute atomic E-state index is 0.0195. The fourth-order valence-corrected chi connectivity index (χ4v) is 3.78. The monoisotopic (exact) mass is 345 g/mol. The number of amides is 1. The zero-order chi connectivity index (χ0) is 18.7. The number of rotatable bonds is 4. The Balaban J connectivity index is 2.16. The normalized spacial score (nSPS) is 23.9. The molecule has 1 fully saturated rings. The van der Waals surface area contributed by atoms with Crippen LogP contribution in [0, 0.1) is 10.8 Å². The van der Waals surface area contributed by atoms with Crippen LogP contribution in [0.3, 0.4) is 0 Å². The Kier molecular flexibility index (Phi) is 5.91. The van der Waals surface area contributed by atoms with E-state index in [9.17, 15) is 9.59 Å². The number of carbonyl (C=O) groups excluding carboxylic acids is 2. The van der Waals surface area contributed by atoms with Crippen molar-refractivity contribution >= 4 is 11.9 Å². The van der Waals surface area contributed by atoms with Gasteiger partial charge in [0.05, 0.1) is 5.41 Å². The zero-order valence-electron chi connectivity index (χ0n) is 16.2. The number of carbonyl (C=O) groups is 2. The number of nitrogens with zero attached hydrogens (tertiary/aromatic N) is 1. The predicted octanol–water partition coefficient (Wildman–Crippen LogP) is 4.18. The summed E-state index contributed by atoms with van der Waals surface area (Å²) in [6.07, 6.45) is 1.76. The summed E-state index contributed by atoms with van der Waals surface area (Å²) in [5, 5.41) is 0. The van der Waals surface area contributed by atoms with Gasteiger partial charge in [0.2, 0.25) is 5.91 Å². The second-order valence-corrected chi connectivity index (χ2v) is 8.57. The highest BCUT2D eigenvalue weighted by Gasteiger charge is 2.44. The second kappa shape index (κ2) is 7.59. The van der Waals surface area contributed by atoms with Gasteiger partial charge in [-0.05, 0) is 44.6 Å². The largest absolute Gasteiger partial charge is 0.460 e. The van der Waals surface area contributed by atoms with Gasteiger partial charge < -0.3 is 9.64 Å². The molecule has 25 heavy (non-hydrogen) atoms. The van der Waals surface area contributed by atoms with Crippen molar-refractivity contribution in [2.75, 3.05) is 6.54 Å². The van der Waals surface area contributed by atoms with Gasteiger partial charge in [-0.1, -0.05) is 44.2 Å². The summed E-state index contributed by atoms with van der Waals surface area (Å²) >= 11 is 0. The SMILES string of the molecule is CC(C)N1CCC(C)(C)CC(C)(C(=O)OCc2ccccc2)CC1=O. The van der Waals surface area contributed by atoms with Crippen LogP contribution in [0.5, 0.6) is 0 Å². The molecule has 0 bridgehead atoms. The summed E-state index contributed by atoms with van der Waals surface area (Å²) in [5.74, 6) is -0.229. The van der Waals surface area contributed by atoms with E-state index in [1.165, 1.54) is 0 Å². The van der Waals surface area contributed by atoms with Crippen molar-refractivity contribution in [3.05, 3.63) is 35.9 Å². The number of likely N-dealkylation sites (tertiary alicyclic amines) is 1. The molecule has 1 aliphatic heterocycles. The van der Waals surface area contributed by atoms with Crippen LogP contribution in [0.15, 0.2) is 30.3 Å². The predicted molar refractivity (Wildman–Crippen MR) is 98.8 cm³/mol. The molecule has 0 N–H and O–H groups in total. The molecule has 138 valence electrons. The van der Waals surface area contributed by atoms with E-state index in [-0.39, 0.29) is 36.4 Å². The third kappa shape index (κ3) is 5.07. The van der Waals surface area contributed by atoms with Gasteiger partial charge in [-0.25, -0.2) is 0 Å². The highest BCUT2D eigenvalue weighted by Crippen LogP contribution is 2.42. The Morgan fingerprint density at radius 3 is 2.44 bits per heavy atom. The molecule has 4 heteroatoms. The first kappa shape index (κ1) is 19.5. The van der Waals surface area contributed by atoms with Crippen LogP contribution < -0.4 is 0 Å². The van der Waals surface area contributed by atoms with E-state index >= 15 is 0 Å². The maximum Gasteiger partial charge on any atom is 0.312 e. The van der Waals surface area contributed by atoms with Crippen LogP contribution >= 0.6 is 0 Å². The molecule has 1 saturated heterocycles. The van der Waals surface area contributed by atoms with E-state index in [0.717, 1.165) is 18.5 Å². The number of benzene rings is 1. The van der Waals surface area contributed by atoms with E-state index in [0.29, 0.717) is 6.42 Å². The van der Waals surface area contributed by atoms with Crippen LogP contribution in [0.1, 0.15) is 59.4 Å². The van der Waals surface area contributed by atoms with Crippen molar-refractivity contribution in [1.82, 2.24) is 4.90 Å². The topological polar surface area (TPSA) is 46.6 Å². The molecule has 1 aromatic carbocycles. The first-order chi connectivity index (χ1) is 11.6. The molecule has 1 aromatic rings.